The smallest absolute Gasteiger partial charge is 0.0991 e. The lowest BCUT2D eigenvalue weighted by atomic mass is 10.1. The normalized spacial score (nSPS) is 13.3. The van der Waals surface area contributed by atoms with E-state index in [2.05, 4.69) is 16.6 Å². The average Bonchev–Trinajstić information content (AvgIpc) is 2.71. The van der Waals surface area contributed by atoms with Crippen LogP contribution in [-0.4, -0.2) is 5.71 Å². The van der Waals surface area contributed by atoms with Gasteiger partial charge >= 0.3 is 0 Å². The van der Waals surface area contributed by atoms with E-state index < -0.39 is 0 Å². The third-order valence-corrected chi connectivity index (χ3v) is 1.75. The summed E-state index contributed by atoms with van der Waals surface area (Å²) >= 11 is 0. The molecule has 0 saturated carbocycles. The van der Waals surface area contributed by atoms with Gasteiger partial charge in [0.15, 0.2) is 0 Å². The Hall–Kier alpha value is -2.08. The van der Waals surface area contributed by atoms with Gasteiger partial charge in [0.2, 0.25) is 0 Å². The highest BCUT2D eigenvalue weighted by atomic mass is 15.3. The molecule has 61 valence electrons. The van der Waals surface area contributed by atoms with Crippen molar-refractivity contribution >= 4 is 5.71 Å². The van der Waals surface area contributed by atoms with Crippen molar-refractivity contribution in [2.45, 2.75) is 0 Å². The predicted octanol–water partition coefficient (Wildman–Crippen LogP) is 1.39. The van der Waals surface area contributed by atoms with Gasteiger partial charge in [-0.2, -0.15) is 15.8 Å². The fraction of sp³-hybridized carbons (Fsp3) is 0. The number of nitrogens with zero attached hydrogens (tertiary/aromatic N) is 3. The molecule has 0 aromatic heterocycles. The highest BCUT2D eigenvalue weighted by Gasteiger charge is 2.04. The van der Waals surface area contributed by atoms with Gasteiger partial charge in [-0.3, -0.25) is 0 Å². The molecular formula is C10H6N3. The largest absolute Gasteiger partial charge is 0.192 e. The van der Waals surface area contributed by atoms with E-state index in [1.54, 1.807) is 18.3 Å². The van der Waals surface area contributed by atoms with Crippen LogP contribution in [0.1, 0.15) is 11.1 Å². The lowest BCUT2D eigenvalue weighted by Crippen LogP contribution is -1.94. The molecule has 0 aliphatic carbocycles. The lowest BCUT2D eigenvalue weighted by molar-refractivity contribution is 0.972. The molecule has 3 heteroatoms. The summed E-state index contributed by atoms with van der Waals surface area (Å²) in [6.07, 6.45) is 3.45. The van der Waals surface area contributed by atoms with Crippen LogP contribution in [0.25, 0.3) is 0 Å². The number of benzene rings is 1. The second-order valence-electron chi connectivity index (χ2n) is 2.61. The van der Waals surface area contributed by atoms with E-state index in [9.17, 15) is 0 Å². The van der Waals surface area contributed by atoms with Gasteiger partial charge in [-0.25, -0.2) is 0 Å². The molecule has 0 bridgehead atoms. The van der Waals surface area contributed by atoms with Crippen molar-refractivity contribution in [1.82, 2.24) is 5.43 Å². The molecule has 0 atom stereocenters. The van der Waals surface area contributed by atoms with Crippen LogP contribution in [0, 0.1) is 11.3 Å². The van der Waals surface area contributed by atoms with E-state index in [4.69, 9.17) is 5.26 Å². The Balaban J connectivity index is 2.42. The van der Waals surface area contributed by atoms with E-state index in [0.29, 0.717) is 5.56 Å². The molecule has 13 heavy (non-hydrogen) atoms. The van der Waals surface area contributed by atoms with Crippen molar-refractivity contribution in [1.29, 1.82) is 5.26 Å². The average molecular weight is 168 g/mol. The summed E-state index contributed by atoms with van der Waals surface area (Å²) in [5.41, 5.74) is 6.09. The van der Waals surface area contributed by atoms with Crippen molar-refractivity contribution in [2.24, 2.45) is 5.10 Å². The minimum absolute atomic E-state index is 0.639. The third-order valence-electron chi connectivity index (χ3n) is 1.75. The fourth-order valence-corrected chi connectivity index (χ4v) is 1.13. The molecule has 2 rings (SSSR count). The molecule has 0 fully saturated rings. The van der Waals surface area contributed by atoms with Crippen molar-refractivity contribution in [2.75, 3.05) is 0 Å². The zero-order valence-corrected chi connectivity index (χ0v) is 6.81. The van der Waals surface area contributed by atoms with Crippen molar-refractivity contribution in [3.8, 4) is 6.07 Å². The van der Waals surface area contributed by atoms with Crippen LogP contribution in [-0.2, 0) is 0 Å². The Morgan fingerprint density at radius 2 is 2.23 bits per heavy atom. The summed E-state index contributed by atoms with van der Waals surface area (Å²) in [5, 5.41) is 12.6. The van der Waals surface area contributed by atoms with Crippen LogP contribution in [0.15, 0.2) is 41.6 Å². The quantitative estimate of drug-likeness (QED) is 0.625. The first-order chi connectivity index (χ1) is 6.40. The Morgan fingerprint density at radius 3 is 2.92 bits per heavy atom. The van der Waals surface area contributed by atoms with Gasteiger partial charge < -0.3 is 0 Å². The predicted molar refractivity (Wildman–Crippen MR) is 49.0 cm³/mol. The lowest BCUT2D eigenvalue weighted by Gasteiger charge is -1.96. The Morgan fingerprint density at radius 1 is 1.31 bits per heavy atom. The second kappa shape index (κ2) is 3.11. The van der Waals surface area contributed by atoms with Crippen LogP contribution in [0.4, 0.5) is 0 Å². The van der Waals surface area contributed by atoms with Gasteiger partial charge in [0.05, 0.1) is 23.5 Å². The zero-order chi connectivity index (χ0) is 9.10. The first kappa shape index (κ1) is 7.56. The van der Waals surface area contributed by atoms with Gasteiger partial charge in [-0.1, -0.05) is 12.1 Å². The standard InChI is InChI=1S/C10H6N3/c11-7-8-2-1-3-9(6-8)10-4-5-12-13-10/h1-6H. The summed E-state index contributed by atoms with van der Waals surface area (Å²) in [7, 11) is 0. The van der Waals surface area contributed by atoms with E-state index in [0.717, 1.165) is 11.3 Å². The summed E-state index contributed by atoms with van der Waals surface area (Å²) in [4.78, 5) is 0. The van der Waals surface area contributed by atoms with E-state index in [1.807, 2.05) is 18.2 Å². The molecule has 1 aromatic carbocycles. The molecule has 3 nitrogen and oxygen atoms in total. The Bertz CT molecular complexity index is 424. The Labute approximate surface area is 76.0 Å². The van der Waals surface area contributed by atoms with Gasteiger partial charge in [-0.15, -0.1) is 0 Å². The minimum atomic E-state index is 0.639. The maximum Gasteiger partial charge on any atom is 0.0991 e. The molecule has 0 unspecified atom stereocenters. The number of hydrogen-bond acceptors (Lipinski definition) is 2. The molecular weight excluding hydrogens is 162 g/mol. The van der Waals surface area contributed by atoms with Crippen LogP contribution in [0.5, 0.6) is 0 Å². The van der Waals surface area contributed by atoms with Crippen molar-refractivity contribution in [3.63, 3.8) is 0 Å². The molecule has 0 N–H and O–H groups in total. The number of hydrogen-bond donors (Lipinski definition) is 0. The highest BCUT2D eigenvalue weighted by molar-refractivity contribution is 6.09. The van der Waals surface area contributed by atoms with Gasteiger partial charge in [0.1, 0.15) is 0 Å². The van der Waals surface area contributed by atoms with Crippen molar-refractivity contribution in [3.05, 3.63) is 47.7 Å². The van der Waals surface area contributed by atoms with E-state index in [-0.39, 0.29) is 0 Å². The highest BCUT2D eigenvalue weighted by Crippen LogP contribution is 2.08. The van der Waals surface area contributed by atoms with Gasteiger partial charge in [0.25, 0.3) is 0 Å². The fourth-order valence-electron chi connectivity index (χ4n) is 1.13. The maximum atomic E-state index is 8.67. The SMILES string of the molecule is N#Cc1cccc(C2=N[N]C=C2)c1. The minimum Gasteiger partial charge on any atom is -0.192 e. The number of nitriles is 1. The monoisotopic (exact) mass is 168 g/mol. The summed E-state index contributed by atoms with van der Waals surface area (Å²) in [5.74, 6) is 0. The maximum absolute atomic E-state index is 8.67. The van der Waals surface area contributed by atoms with Crippen LogP contribution in [0.2, 0.25) is 0 Å². The van der Waals surface area contributed by atoms with Crippen LogP contribution < -0.4 is 5.43 Å². The molecule has 1 aliphatic heterocycles. The number of rotatable bonds is 1. The first-order valence-electron chi connectivity index (χ1n) is 3.85. The Kier molecular flexibility index (Phi) is 1.81. The van der Waals surface area contributed by atoms with Gasteiger partial charge in [0, 0.05) is 5.56 Å². The van der Waals surface area contributed by atoms with Crippen molar-refractivity contribution < 1.29 is 0 Å². The molecule has 1 radical (unpaired) electrons. The zero-order valence-electron chi connectivity index (χ0n) is 6.81. The summed E-state index contributed by atoms with van der Waals surface area (Å²) < 4.78 is 0. The molecule has 0 amide bonds. The van der Waals surface area contributed by atoms with E-state index in [1.165, 1.54) is 0 Å². The third kappa shape index (κ3) is 1.42. The molecule has 1 aliphatic rings. The van der Waals surface area contributed by atoms with Crippen LogP contribution >= 0.6 is 0 Å². The molecule has 0 saturated heterocycles. The molecule has 0 spiro atoms. The number of allylic oxidation sites excluding steroid dienone is 1. The first-order valence-corrected chi connectivity index (χ1v) is 3.85. The van der Waals surface area contributed by atoms with Gasteiger partial charge in [-0.05, 0) is 18.2 Å². The van der Waals surface area contributed by atoms with E-state index >= 15 is 0 Å². The molecule has 1 heterocycles. The summed E-state index contributed by atoms with van der Waals surface area (Å²) in [6.45, 7) is 0. The van der Waals surface area contributed by atoms with Crippen LogP contribution in [0.3, 0.4) is 0 Å². The molecule has 1 aromatic rings. The summed E-state index contributed by atoms with van der Waals surface area (Å²) in [6, 6.07) is 9.38. The topological polar surface area (TPSA) is 50.2 Å². The second-order valence-corrected chi connectivity index (χ2v) is 2.61.